The number of hydrogen-bond donors (Lipinski definition) is 3. The van der Waals surface area contributed by atoms with Gasteiger partial charge in [-0.1, -0.05) is 172 Å². The van der Waals surface area contributed by atoms with Gasteiger partial charge in [0.15, 0.2) is 17.0 Å². The molecule has 0 bridgehead atoms. The van der Waals surface area contributed by atoms with Crippen molar-refractivity contribution in [2.75, 3.05) is 6.61 Å². The molecule has 0 aromatic heterocycles. The van der Waals surface area contributed by atoms with Crippen LogP contribution < -0.4 is 0 Å². The lowest BCUT2D eigenvalue weighted by molar-refractivity contribution is -0.174. The second kappa shape index (κ2) is 29.0. The van der Waals surface area contributed by atoms with Crippen LogP contribution in [0.5, 0.6) is 0 Å². The van der Waals surface area contributed by atoms with Gasteiger partial charge in [0, 0.05) is 0 Å². The minimum atomic E-state index is -1.65. The van der Waals surface area contributed by atoms with Crippen LogP contribution in [0.4, 0.5) is 4.79 Å². The van der Waals surface area contributed by atoms with Gasteiger partial charge in [0.25, 0.3) is 5.91 Å². The van der Waals surface area contributed by atoms with Crippen LogP contribution in [0.3, 0.4) is 0 Å². The van der Waals surface area contributed by atoms with Gasteiger partial charge in [-0.25, -0.2) is 9.69 Å². The first-order chi connectivity index (χ1) is 35.1. The maximum absolute atomic E-state index is 14.1. The van der Waals surface area contributed by atoms with Gasteiger partial charge in [0.1, 0.15) is 18.2 Å². The number of carbonyl (C=O) groups is 3. The van der Waals surface area contributed by atoms with Crippen molar-refractivity contribution in [2.45, 2.75) is 122 Å². The molecule has 10 nitrogen and oxygen atoms in total. The highest BCUT2D eigenvalue weighted by atomic mass is 16.6. The molecule has 0 saturated carbocycles. The molecule has 0 radical (unpaired) electrons. The van der Waals surface area contributed by atoms with Crippen molar-refractivity contribution in [1.82, 2.24) is 4.90 Å². The fraction of sp³-hybridized carbons (Fsp3) is 0.317. The number of ether oxygens (including phenoxy) is 3. The van der Waals surface area contributed by atoms with E-state index in [1.54, 1.807) is 34.6 Å². The zero-order valence-electron chi connectivity index (χ0n) is 42.8. The van der Waals surface area contributed by atoms with Crippen LogP contribution in [0.15, 0.2) is 140 Å². The first-order valence-corrected chi connectivity index (χ1v) is 24.2. The summed E-state index contributed by atoms with van der Waals surface area (Å²) in [7, 11) is 0. The Kier molecular flexibility index (Phi) is 23.0. The third-order valence-electron chi connectivity index (χ3n) is 12.1. The van der Waals surface area contributed by atoms with Crippen molar-refractivity contribution in [1.29, 1.82) is 0 Å². The molecule has 5 aromatic rings. The van der Waals surface area contributed by atoms with Crippen LogP contribution in [0.2, 0.25) is 0 Å². The van der Waals surface area contributed by atoms with E-state index < -0.39 is 59.4 Å². The second-order valence-corrected chi connectivity index (χ2v) is 17.8. The van der Waals surface area contributed by atoms with E-state index in [0.717, 1.165) is 50.3 Å². The summed E-state index contributed by atoms with van der Waals surface area (Å²) in [6.45, 7) is 11.9. The number of nitrogens with zero attached hydrogens (tertiary/aromatic N) is 1. The number of carbonyl (C=O) groups excluding carboxylic acids is 3. The first kappa shape index (κ1) is 57.9. The summed E-state index contributed by atoms with van der Waals surface area (Å²) in [5.74, 6) is 20.8. The molecular formula is C63H65NO9. The Labute approximate surface area is 432 Å². The summed E-state index contributed by atoms with van der Waals surface area (Å²) < 4.78 is 17.6. The number of amides is 2. The van der Waals surface area contributed by atoms with E-state index in [-0.39, 0.29) is 13.2 Å². The van der Waals surface area contributed by atoms with Gasteiger partial charge in [-0.3, -0.25) is 9.59 Å². The summed E-state index contributed by atoms with van der Waals surface area (Å²) in [5.41, 5.74) is 2.94. The van der Waals surface area contributed by atoms with Crippen molar-refractivity contribution < 1.29 is 43.9 Å². The summed E-state index contributed by atoms with van der Waals surface area (Å²) in [6.07, 6.45) is 4.21. The van der Waals surface area contributed by atoms with Gasteiger partial charge >= 0.3 is 6.09 Å². The molecule has 2 amide bonds. The zero-order valence-corrected chi connectivity index (χ0v) is 42.8. The third kappa shape index (κ3) is 16.4. The Morgan fingerprint density at radius 3 is 1.47 bits per heavy atom. The van der Waals surface area contributed by atoms with E-state index in [1.165, 1.54) is 0 Å². The SMILES string of the molecule is C#CC#CC#CC#CC#CC.CCC[C@H](O)[C@](C)(OCc1ccc(-c2ccccc2)cc1)C(=O)CO.CCC[C@H](O)[C@](C)(OCc1ccc(-c2ccccc2)cc1)C(=O)N1C(=O)OC(C)(C)[C@@H]1c1ccccc1. The Balaban J connectivity index is 0.000000276. The number of aliphatic hydroxyl groups excluding tert-OH is 3. The Morgan fingerprint density at radius 2 is 1.04 bits per heavy atom. The van der Waals surface area contributed by atoms with E-state index in [1.807, 2.05) is 153 Å². The quantitative estimate of drug-likeness (QED) is 0.0732. The summed E-state index contributed by atoms with van der Waals surface area (Å²) >= 11 is 0. The number of terminal acetylenes is 1. The Morgan fingerprint density at radius 1 is 0.644 bits per heavy atom. The lowest BCUT2D eigenvalue weighted by Gasteiger charge is -2.37. The fourth-order valence-corrected chi connectivity index (χ4v) is 7.86. The highest BCUT2D eigenvalue weighted by molar-refractivity contribution is 5.99. The lowest BCUT2D eigenvalue weighted by atomic mass is 9.88. The number of hydrogen-bond acceptors (Lipinski definition) is 9. The molecule has 6 rings (SSSR count). The van der Waals surface area contributed by atoms with E-state index in [9.17, 15) is 29.7 Å². The van der Waals surface area contributed by atoms with Crippen molar-refractivity contribution in [3.8, 4) is 82.0 Å². The van der Waals surface area contributed by atoms with Gasteiger partial charge in [0.2, 0.25) is 0 Å². The number of rotatable bonds is 18. The maximum Gasteiger partial charge on any atom is 0.417 e. The molecule has 0 unspecified atom stereocenters. The Bertz CT molecular complexity index is 2860. The Hall–Kier alpha value is -7.69. The highest BCUT2D eigenvalue weighted by Crippen LogP contribution is 2.43. The number of benzene rings is 5. The summed E-state index contributed by atoms with van der Waals surface area (Å²) in [4.78, 5) is 40.3. The molecular weight excluding hydrogens is 915 g/mol. The normalized spacial score (nSPS) is 15.3. The molecule has 1 aliphatic rings. The average molecular weight is 980 g/mol. The standard InChI is InChI=1S/C31H35NO5.C21H26O4.C11H4/c1-5-12-26(33)31(4,36-21-22-17-19-24(20-18-22)23-13-8-6-9-14-23)28(34)32-27(25-15-10-7-11-16-25)30(2,3)37-29(32)35;1-3-7-19(23)21(2,20(24)14-22)25-15-16-10-12-18(13-11-16)17-8-5-4-6-9-17;1-3-5-7-9-11-10-8-6-4-2/h6-11,13-20,26-27,33H,5,12,21H2,1-4H3;4-6,8-13,19,22-23H,3,7,14-15H2,1-2H3;1H,2H3/t26-,27-,31-;19-,21-;/m00./s1. The number of aliphatic hydroxyl groups is 3. The second-order valence-electron chi connectivity index (χ2n) is 17.8. The topological polar surface area (TPSA) is 143 Å². The predicted octanol–water partition coefficient (Wildman–Crippen LogP) is 10.3. The van der Waals surface area contributed by atoms with E-state index in [2.05, 4.69) is 53.3 Å². The fourth-order valence-electron chi connectivity index (χ4n) is 7.86. The van der Waals surface area contributed by atoms with Crippen LogP contribution in [0.1, 0.15) is 96.9 Å². The van der Waals surface area contributed by atoms with E-state index >= 15 is 0 Å². The lowest BCUT2D eigenvalue weighted by Crippen LogP contribution is -2.57. The minimum absolute atomic E-state index is 0.0976. The molecule has 3 N–H and O–H groups in total. The third-order valence-corrected chi connectivity index (χ3v) is 12.1. The molecule has 0 aliphatic carbocycles. The number of cyclic esters (lactones) is 1. The molecule has 1 heterocycles. The monoisotopic (exact) mass is 979 g/mol. The van der Waals surface area contributed by atoms with E-state index in [0.29, 0.717) is 19.3 Å². The largest absolute Gasteiger partial charge is 0.440 e. The zero-order chi connectivity index (χ0) is 53.3. The molecule has 1 saturated heterocycles. The van der Waals surface area contributed by atoms with Gasteiger partial charge < -0.3 is 29.5 Å². The van der Waals surface area contributed by atoms with Crippen LogP contribution in [-0.2, 0) is 37.0 Å². The summed E-state index contributed by atoms with van der Waals surface area (Å²) in [5, 5.41) is 30.6. The van der Waals surface area contributed by atoms with Gasteiger partial charge in [0.05, 0.1) is 25.4 Å². The van der Waals surface area contributed by atoms with Crippen molar-refractivity contribution in [3.63, 3.8) is 0 Å². The van der Waals surface area contributed by atoms with Crippen LogP contribution in [-0.4, -0.2) is 73.6 Å². The average Bonchev–Trinajstić information content (AvgIpc) is 3.67. The van der Waals surface area contributed by atoms with Crippen molar-refractivity contribution >= 4 is 17.8 Å². The smallest absolute Gasteiger partial charge is 0.417 e. The molecule has 5 aromatic carbocycles. The maximum atomic E-state index is 14.1. The number of ketones is 1. The highest BCUT2D eigenvalue weighted by Gasteiger charge is 2.57. The molecule has 1 fully saturated rings. The number of imide groups is 1. The van der Waals surface area contributed by atoms with Crippen LogP contribution in [0, 0.1) is 59.7 Å². The molecule has 5 atom stereocenters. The van der Waals surface area contributed by atoms with Gasteiger partial charge in [-0.15, -0.1) is 6.42 Å². The van der Waals surface area contributed by atoms with E-state index in [4.69, 9.17) is 20.6 Å². The van der Waals surface area contributed by atoms with Crippen molar-refractivity contribution in [3.05, 3.63) is 156 Å². The molecule has 73 heavy (non-hydrogen) atoms. The molecule has 376 valence electrons. The van der Waals surface area contributed by atoms with Gasteiger partial charge in [-0.05, 0) is 134 Å². The van der Waals surface area contributed by atoms with Gasteiger partial charge in [-0.2, -0.15) is 0 Å². The predicted molar refractivity (Wildman–Crippen MR) is 286 cm³/mol. The van der Waals surface area contributed by atoms with Crippen LogP contribution in [0.25, 0.3) is 22.3 Å². The molecule has 10 heteroatoms. The minimum Gasteiger partial charge on any atom is -0.440 e. The number of Topliss-reactive ketones (excluding diaryl/α,β-unsaturated/α-hetero) is 1. The molecule has 0 spiro atoms. The molecule has 1 aliphatic heterocycles. The first-order valence-electron chi connectivity index (χ1n) is 24.2. The van der Waals surface area contributed by atoms with Crippen LogP contribution >= 0.6 is 0 Å². The summed E-state index contributed by atoms with van der Waals surface area (Å²) in [6, 6.07) is 44.6. The van der Waals surface area contributed by atoms with Crippen molar-refractivity contribution in [2.24, 2.45) is 0 Å².